The number of amides is 2. The molecule has 228 valence electrons. The first-order valence-corrected chi connectivity index (χ1v) is 14.4. The molecule has 1 N–H and O–H groups in total. The minimum absolute atomic E-state index is 0.230. The number of alkyl halides is 3. The van der Waals surface area contributed by atoms with Crippen LogP contribution in [0, 0.1) is 6.92 Å². The lowest BCUT2D eigenvalue weighted by atomic mass is 10.0. The molecule has 9 nitrogen and oxygen atoms in total. The van der Waals surface area contributed by atoms with E-state index in [1.54, 1.807) is 7.11 Å². The van der Waals surface area contributed by atoms with Crippen LogP contribution in [-0.4, -0.2) is 38.8 Å². The molecule has 0 saturated heterocycles. The predicted molar refractivity (Wildman–Crippen MR) is 160 cm³/mol. The Morgan fingerprint density at radius 2 is 1.75 bits per heavy atom. The fraction of sp³-hybridized carbons (Fsp3) is 0.226. The molecule has 0 aliphatic rings. The summed E-state index contributed by atoms with van der Waals surface area (Å²) in [5, 5.41) is 9.23. The average Bonchev–Trinajstić information content (AvgIpc) is 3.62. The SMILES string of the molecule is COc1ccc(-n2c(C)cs/c2=N\C(=O)NCc2ccc(-c3ncn(-c4ccc(OC(F)(F)F)cc4)n3)cc2)c(C(C)C)c1. The first-order valence-electron chi connectivity index (χ1n) is 13.6. The second-order valence-corrected chi connectivity index (χ2v) is 10.9. The lowest BCUT2D eigenvalue weighted by Crippen LogP contribution is -2.24. The van der Waals surface area contributed by atoms with Crippen molar-refractivity contribution in [2.45, 2.75) is 39.6 Å². The number of thiazole rings is 1. The van der Waals surface area contributed by atoms with E-state index < -0.39 is 12.4 Å². The highest BCUT2D eigenvalue weighted by atomic mass is 32.1. The maximum atomic E-state index is 12.8. The van der Waals surface area contributed by atoms with E-state index >= 15 is 0 Å². The molecule has 0 aliphatic heterocycles. The molecule has 0 aliphatic carbocycles. The molecule has 0 atom stereocenters. The summed E-state index contributed by atoms with van der Waals surface area (Å²) < 4.78 is 50.0. The lowest BCUT2D eigenvalue weighted by Gasteiger charge is -2.16. The molecule has 13 heteroatoms. The lowest BCUT2D eigenvalue weighted by molar-refractivity contribution is -0.274. The van der Waals surface area contributed by atoms with Crippen molar-refractivity contribution in [1.29, 1.82) is 0 Å². The fourth-order valence-corrected chi connectivity index (χ4v) is 5.35. The van der Waals surface area contributed by atoms with Crippen LogP contribution >= 0.6 is 11.3 Å². The van der Waals surface area contributed by atoms with E-state index in [-0.39, 0.29) is 18.2 Å². The second kappa shape index (κ2) is 12.8. The summed E-state index contributed by atoms with van der Waals surface area (Å²) in [6.45, 7) is 6.46. The molecule has 0 saturated carbocycles. The zero-order valence-electron chi connectivity index (χ0n) is 24.3. The number of urea groups is 1. The highest BCUT2D eigenvalue weighted by Crippen LogP contribution is 2.28. The second-order valence-electron chi connectivity index (χ2n) is 10.1. The molecule has 0 bridgehead atoms. The Morgan fingerprint density at radius 3 is 2.41 bits per heavy atom. The van der Waals surface area contributed by atoms with Crippen LogP contribution < -0.4 is 19.6 Å². The number of benzene rings is 3. The number of rotatable bonds is 8. The van der Waals surface area contributed by atoms with Crippen molar-refractivity contribution < 1.29 is 27.4 Å². The molecule has 5 rings (SSSR count). The minimum atomic E-state index is -4.76. The molecule has 3 aromatic carbocycles. The zero-order valence-corrected chi connectivity index (χ0v) is 25.1. The normalized spacial score (nSPS) is 12.0. The summed E-state index contributed by atoms with van der Waals surface area (Å²) in [4.78, 5) is 22.0. The van der Waals surface area contributed by atoms with Crippen molar-refractivity contribution in [3.63, 3.8) is 0 Å². The molecular weight excluding hydrogens is 593 g/mol. The van der Waals surface area contributed by atoms with E-state index in [1.165, 1.54) is 46.6 Å². The quantitative estimate of drug-likeness (QED) is 0.202. The van der Waals surface area contributed by atoms with Crippen molar-refractivity contribution in [3.05, 3.63) is 100 Å². The Kier molecular flexibility index (Phi) is 8.86. The number of nitrogens with one attached hydrogen (secondary N) is 1. The van der Waals surface area contributed by atoms with Crippen LogP contribution in [0.4, 0.5) is 18.0 Å². The van der Waals surface area contributed by atoms with Gasteiger partial charge in [-0.25, -0.2) is 14.5 Å². The Bertz CT molecular complexity index is 1820. The van der Waals surface area contributed by atoms with E-state index in [1.807, 2.05) is 59.3 Å². The van der Waals surface area contributed by atoms with Gasteiger partial charge in [0, 0.05) is 23.2 Å². The van der Waals surface area contributed by atoms with Crippen molar-refractivity contribution in [3.8, 4) is 34.3 Å². The van der Waals surface area contributed by atoms with Crippen LogP contribution in [0.3, 0.4) is 0 Å². The molecule has 44 heavy (non-hydrogen) atoms. The van der Waals surface area contributed by atoms with Crippen LogP contribution in [0.2, 0.25) is 0 Å². The van der Waals surface area contributed by atoms with Crippen LogP contribution in [0.5, 0.6) is 11.5 Å². The number of nitrogens with zero attached hydrogens (tertiary/aromatic N) is 5. The number of hydrogen-bond acceptors (Lipinski definition) is 6. The molecule has 0 unspecified atom stereocenters. The van der Waals surface area contributed by atoms with Crippen LogP contribution in [0.15, 0.2) is 83.4 Å². The van der Waals surface area contributed by atoms with Gasteiger partial charge < -0.3 is 14.8 Å². The number of aryl methyl sites for hydroxylation is 1. The zero-order chi connectivity index (χ0) is 31.4. The van der Waals surface area contributed by atoms with E-state index in [2.05, 4.69) is 39.0 Å². The summed E-state index contributed by atoms with van der Waals surface area (Å²) in [5.74, 6) is 1.11. The van der Waals surface area contributed by atoms with Crippen molar-refractivity contribution in [2.24, 2.45) is 4.99 Å². The van der Waals surface area contributed by atoms with Gasteiger partial charge in [0.1, 0.15) is 17.8 Å². The smallest absolute Gasteiger partial charge is 0.497 e. The Labute approximate surface area is 255 Å². The molecule has 2 heterocycles. The molecular formula is C31H29F3N6O3S. The number of methoxy groups -OCH3 is 1. The summed E-state index contributed by atoms with van der Waals surface area (Å²) in [6, 6.07) is 18.1. The number of hydrogen-bond donors (Lipinski definition) is 1. The van der Waals surface area contributed by atoms with Crippen molar-refractivity contribution in [1.82, 2.24) is 24.6 Å². The van der Waals surface area contributed by atoms with Gasteiger partial charge >= 0.3 is 12.4 Å². The number of carbonyl (C=O) groups excluding carboxylic acids is 1. The molecule has 2 amide bonds. The summed E-state index contributed by atoms with van der Waals surface area (Å²) in [6.07, 6.45) is -3.29. The number of ether oxygens (including phenoxy) is 2. The van der Waals surface area contributed by atoms with Crippen molar-refractivity contribution >= 4 is 17.4 Å². The van der Waals surface area contributed by atoms with E-state index in [0.29, 0.717) is 16.3 Å². The van der Waals surface area contributed by atoms with Gasteiger partial charge in [-0.05, 0) is 66.4 Å². The van der Waals surface area contributed by atoms with Gasteiger partial charge in [0.05, 0.1) is 18.5 Å². The van der Waals surface area contributed by atoms with E-state index in [9.17, 15) is 18.0 Å². The van der Waals surface area contributed by atoms with Gasteiger partial charge in [-0.2, -0.15) is 4.99 Å². The molecule has 5 aromatic rings. The number of halogens is 3. The third-order valence-electron chi connectivity index (χ3n) is 6.66. The summed E-state index contributed by atoms with van der Waals surface area (Å²) >= 11 is 1.39. The highest BCUT2D eigenvalue weighted by molar-refractivity contribution is 7.07. The van der Waals surface area contributed by atoms with Crippen LogP contribution in [0.25, 0.3) is 22.8 Å². The molecule has 0 fully saturated rings. The van der Waals surface area contributed by atoms with E-state index in [4.69, 9.17) is 4.74 Å². The molecule has 0 radical (unpaired) electrons. The fourth-order valence-electron chi connectivity index (χ4n) is 4.49. The van der Waals surface area contributed by atoms with Gasteiger partial charge in [-0.1, -0.05) is 38.1 Å². The summed E-state index contributed by atoms with van der Waals surface area (Å²) in [5.41, 5.74) is 5.11. The van der Waals surface area contributed by atoms with Gasteiger partial charge in [0.2, 0.25) is 0 Å². The third kappa shape index (κ3) is 7.17. The average molecular weight is 623 g/mol. The Hall–Kier alpha value is -4.91. The standard InChI is InChI=1S/C31H29F3N6O3S/c1-19(2)26-15-25(42-4)13-14-27(26)40-20(3)17-44-30(40)37-29(41)35-16-21-5-7-22(8-6-21)28-36-18-39(38-28)23-9-11-24(12-10-23)43-31(32,33)34/h5-15,17-19H,16H2,1-4H3,(H,35,41)/b37-30-. The van der Waals surface area contributed by atoms with Crippen LogP contribution in [-0.2, 0) is 6.54 Å². The minimum Gasteiger partial charge on any atom is -0.497 e. The first kappa shape index (κ1) is 30.5. The van der Waals surface area contributed by atoms with Crippen molar-refractivity contribution in [2.75, 3.05) is 7.11 Å². The highest BCUT2D eigenvalue weighted by Gasteiger charge is 2.31. The maximum absolute atomic E-state index is 12.8. The van der Waals surface area contributed by atoms with Gasteiger partial charge in [0.15, 0.2) is 10.6 Å². The number of carbonyl (C=O) groups is 1. The largest absolute Gasteiger partial charge is 0.573 e. The Balaban J connectivity index is 1.25. The predicted octanol–water partition coefficient (Wildman–Crippen LogP) is 6.94. The maximum Gasteiger partial charge on any atom is 0.573 e. The third-order valence-corrected chi connectivity index (χ3v) is 7.60. The first-order chi connectivity index (χ1) is 21.0. The van der Waals surface area contributed by atoms with Gasteiger partial charge in [-0.3, -0.25) is 4.57 Å². The van der Waals surface area contributed by atoms with Crippen LogP contribution in [0.1, 0.15) is 36.6 Å². The van der Waals surface area contributed by atoms with E-state index in [0.717, 1.165) is 33.8 Å². The monoisotopic (exact) mass is 622 g/mol. The number of aromatic nitrogens is 4. The summed E-state index contributed by atoms with van der Waals surface area (Å²) in [7, 11) is 1.64. The Morgan fingerprint density at radius 1 is 1.05 bits per heavy atom. The molecule has 2 aromatic heterocycles. The van der Waals surface area contributed by atoms with Gasteiger partial charge in [0.25, 0.3) is 0 Å². The molecule has 0 spiro atoms. The van der Waals surface area contributed by atoms with Gasteiger partial charge in [-0.15, -0.1) is 29.6 Å². The topological polar surface area (TPSA) is 95.6 Å².